The van der Waals surface area contributed by atoms with E-state index in [0.717, 1.165) is 29.0 Å². The number of hydrogen-bond acceptors (Lipinski definition) is 2. The molecular weight excluding hydrogens is 308 g/mol. The van der Waals surface area contributed by atoms with Gasteiger partial charge in [0.15, 0.2) is 0 Å². The van der Waals surface area contributed by atoms with Crippen molar-refractivity contribution in [3.05, 3.63) is 34.3 Å². The van der Waals surface area contributed by atoms with Crippen LogP contribution in [0.25, 0.3) is 6.08 Å². The Labute approximate surface area is 122 Å². The lowest BCUT2D eigenvalue weighted by Crippen LogP contribution is -1.99. The van der Waals surface area contributed by atoms with E-state index in [1.807, 2.05) is 18.2 Å². The zero-order valence-electron chi connectivity index (χ0n) is 11.1. The highest BCUT2D eigenvalue weighted by atomic mass is 79.9. The first kappa shape index (κ1) is 15.8. The molecule has 0 aliphatic heterocycles. The summed E-state index contributed by atoms with van der Waals surface area (Å²) in [6.45, 7) is 2.82. The van der Waals surface area contributed by atoms with Crippen LogP contribution in [0.1, 0.15) is 38.2 Å². The molecule has 3 nitrogen and oxygen atoms in total. The predicted molar refractivity (Wildman–Crippen MR) is 80.4 cm³/mol. The Hall–Kier alpha value is -1.29. The normalized spacial score (nSPS) is 10.8. The van der Waals surface area contributed by atoms with Gasteiger partial charge in [0, 0.05) is 11.6 Å². The second kappa shape index (κ2) is 8.75. The molecule has 0 heterocycles. The van der Waals surface area contributed by atoms with E-state index < -0.39 is 5.97 Å². The molecule has 4 heteroatoms. The smallest absolute Gasteiger partial charge is 0.328 e. The van der Waals surface area contributed by atoms with Gasteiger partial charge in [-0.05, 0) is 34.5 Å². The van der Waals surface area contributed by atoms with Crippen LogP contribution in [0, 0.1) is 0 Å². The van der Waals surface area contributed by atoms with Crippen molar-refractivity contribution < 1.29 is 14.6 Å². The van der Waals surface area contributed by atoms with Crippen LogP contribution in [-0.2, 0) is 4.79 Å². The minimum absolute atomic E-state index is 0.649. The molecule has 1 rings (SSSR count). The van der Waals surface area contributed by atoms with Crippen LogP contribution in [0.15, 0.2) is 28.7 Å². The van der Waals surface area contributed by atoms with Crippen molar-refractivity contribution in [1.29, 1.82) is 0 Å². The first-order chi connectivity index (χ1) is 9.15. The van der Waals surface area contributed by atoms with Crippen LogP contribution in [0.3, 0.4) is 0 Å². The summed E-state index contributed by atoms with van der Waals surface area (Å²) >= 11 is 3.43. The van der Waals surface area contributed by atoms with Crippen molar-refractivity contribution in [2.75, 3.05) is 6.61 Å². The third-order valence-electron chi connectivity index (χ3n) is 2.65. The molecule has 0 amide bonds. The Morgan fingerprint density at radius 3 is 2.84 bits per heavy atom. The Bertz CT molecular complexity index is 441. The number of ether oxygens (including phenoxy) is 1. The fraction of sp³-hybridized carbons (Fsp3) is 0.400. The molecule has 1 N–H and O–H groups in total. The summed E-state index contributed by atoms with van der Waals surface area (Å²) in [6.07, 6.45) is 7.24. The van der Waals surface area contributed by atoms with Crippen LogP contribution < -0.4 is 4.74 Å². The molecule has 0 spiro atoms. The van der Waals surface area contributed by atoms with Gasteiger partial charge in [-0.2, -0.15) is 0 Å². The largest absolute Gasteiger partial charge is 0.492 e. The highest BCUT2D eigenvalue weighted by Gasteiger charge is 2.06. The summed E-state index contributed by atoms with van der Waals surface area (Å²) < 4.78 is 6.60. The van der Waals surface area contributed by atoms with E-state index >= 15 is 0 Å². The first-order valence-corrected chi connectivity index (χ1v) is 7.26. The van der Waals surface area contributed by atoms with Crippen LogP contribution in [0.4, 0.5) is 0 Å². The summed E-state index contributed by atoms with van der Waals surface area (Å²) in [5.41, 5.74) is 0.771. The molecular formula is C15H19BrO3. The van der Waals surface area contributed by atoms with Crippen molar-refractivity contribution in [3.63, 3.8) is 0 Å². The second-order valence-electron chi connectivity index (χ2n) is 4.24. The maximum Gasteiger partial charge on any atom is 0.328 e. The van der Waals surface area contributed by atoms with Crippen molar-refractivity contribution in [1.82, 2.24) is 0 Å². The van der Waals surface area contributed by atoms with E-state index in [9.17, 15) is 4.79 Å². The van der Waals surface area contributed by atoms with Gasteiger partial charge in [0.05, 0.1) is 11.1 Å². The van der Waals surface area contributed by atoms with Gasteiger partial charge in [-0.1, -0.05) is 38.3 Å². The van der Waals surface area contributed by atoms with Crippen LogP contribution in [0.5, 0.6) is 5.75 Å². The van der Waals surface area contributed by atoms with Gasteiger partial charge in [0.25, 0.3) is 0 Å². The SMILES string of the molecule is CCCCCCOc1c(Br)cccc1C=CC(=O)O. The number of para-hydroxylation sites is 1. The lowest BCUT2D eigenvalue weighted by molar-refractivity contribution is -0.131. The van der Waals surface area contributed by atoms with Crippen molar-refractivity contribution >= 4 is 28.0 Å². The third-order valence-corrected chi connectivity index (χ3v) is 3.27. The van der Waals surface area contributed by atoms with E-state index in [-0.39, 0.29) is 0 Å². The van der Waals surface area contributed by atoms with Crippen molar-refractivity contribution in [2.45, 2.75) is 32.6 Å². The van der Waals surface area contributed by atoms with Gasteiger partial charge >= 0.3 is 5.97 Å². The standard InChI is InChI=1S/C15H19BrO3/c1-2-3-4-5-11-19-15-12(9-10-14(17)18)7-6-8-13(15)16/h6-10H,2-5,11H2,1H3,(H,17,18). The van der Waals surface area contributed by atoms with Gasteiger partial charge in [-0.3, -0.25) is 0 Å². The average Bonchev–Trinajstić information content (AvgIpc) is 2.38. The Balaban J connectivity index is 2.66. The first-order valence-electron chi connectivity index (χ1n) is 6.47. The number of benzene rings is 1. The van der Waals surface area contributed by atoms with Gasteiger partial charge in [-0.25, -0.2) is 4.79 Å². The number of halogens is 1. The van der Waals surface area contributed by atoms with Gasteiger partial charge in [0.1, 0.15) is 5.75 Å². The lowest BCUT2D eigenvalue weighted by atomic mass is 10.2. The summed E-state index contributed by atoms with van der Waals surface area (Å²) in [6, 6.07) is 5.58. The van der Waals surface area contributed by atoms with Gasteiger partial charge in [-0.15, -0.1) is 0 Å². The molecule has 0 aliphatic carbocycles. The fourth-order valence-corrected chi connectivity index (χ4v) is 2.17. The monoisotopic (exact) mass is 326 g/mol. The lowest BCUT2D eigenvalue weighted by Gasteiger charge is -2.11. The number of carboxylic acids is 1. The van der Waals surface area contributed by atoms with Gasteiger partial charge < -0.3 is 9.84 Å². The van der Waals surface area contributed by atoms with E-state index in [2.05, 4.69) is 22.9 Å². The number of carbonyl (C=O) groups is 1. The summed E-state index contributed by atoms with van der Waals surface area (Å²) in [5, 5.41) is 8.67. The van der Waals surface area contributed by atoms with E-state index in [1.165, 1.54) is 12.8 Å². The summed E-state index contributed by atoms with van der Waals surface area (Å²) in [5.74, 6) is -0.259. The summed E-state index contributed by atoms with van der Waals surface area (Å²) in [7, 11) is 0. The molecule has 0 atom stereocenters. The topological polar surface area (TPSA) is 46.5 Å². The highest BCUT2D eigenvalue weighted by Crippen LogP contribution is 2.30. The molecule has 1 aromatic rings. The molecule has 0 saturated carbocycles. The number of rotatable bonds is 8. The van der Waals surface area contributed by atoms with Crippen LogP contribution in [-0.4, -0.2) is 17.7 Å². The molecule has 1 aromatic carbocycles. The molecule has 0 aliphatic rings. The quantitative estimate of drug-likeness (QED) is 0.565. The number of unbranched alkanes of at least 4 members (excludes halogenated alkanes) is 3. The minimum atomic E-state index is -0.964. The number of hydrogen-bond donors (Lipinski definition) is 1. The molecule has 0 bridgehead atoms. The molecule has 19 heavy (non-hydrogen) atoms. The fourth-order valence-electron chi connectivity index (χ4n) is 1.67. The zero-order chi connectivity index (χ0) is 14.1. The molecule has 104 valence electrons. The molecule has 0 radical (unpaired) electrons. The summed E-state index contributed by atoms with van der Waals surface area (Å²) in [4.78, 5) is 10.6. The molecule has 0 fully saturated rings. The van der Waals surface area contributed by atoms with Crippen LogP contribution in [0.2, 0.25) is 0 Å². The Kier molecular flexibility index (Phi) is 7.26. The van der Waals surface area contributed by atoms with E-state index in [4.69, 9.17) is 9.84 Å². The number of aliphatic carboxylic acids is 1. The molecule has 0 aromatic heterocycles. The number of carboxylic acid groups (broad SMARTS) is 1. The van der Waals surface area contributed by atoms with Crippen molar-refractivity contribution in [3.8, 4) is 5.75 Å². The van der Waals surface area contributed by atoms with E-state index in [0.29, 0.717) is 12.4 Å². The maximum absolute atomic E-state index is 10.6. The average molecular weight is 327 g/mol. The molecule has 0 saturated heterocycles. The Morgan fingerprint density at radius 1 is 1.37 bits per heavy atom. The van der Waals surface area contributed by atoms with E-state index in [1.54, 1.807) is 6.08 Å². The van der Waals surface area contributed by atoms with Crippen molar-refractivity contribution in [2.24, 2.45) is 0 Å². The Morgan fingerprint density at radius 2 is 2.16 bits per heavy atom. The zero-order valence-corrected chi connectivity index (χ0v) is 12.6. The predicted octanol–water partition coefficient (Wildman–Crippen LogP) is 4.51. The highest BCUT2D eigenvalue weighted by molar-refractivity contribution is 9.10. The second-order valence-corrected chi connectivity index (χ2v) is 5.09. The molecule has 0 unspecified atom stereocenters. The van der Waals surface area contributed by atoms with Crippen LogP contribution >= 0.6 is 15.9 Å². The maximum atomic E-state index is 10.6. The minimum Gasteiger partial charge on any atom is -0.492 e. The third kappa shape index (κ3) is 5.92. The van der Waals surface area contributed by atoms with Gasteiger partial charge in [0.2, 0.25) is 0 Å².